The smallest absolute Gasteiger partial charge is 0.296 e. The third-order valence-electron chi connectivity index (χ3n) is 7.17. The summed E-state index contributed by atoms with van der Waals surface area (Å²) in [5, 5.41) is 4.90. The van der Waals surface area contributed by atoms with Crippen LogP contribution in [0.25, 0.3) is 28.7 Å². The second-order valence-corrected chi connectivity index (χ2v) is 11.7. The Labute approximate surface area is 258 Å². The molecule has 0 radical (unpaired) electrons. The predicted molar refractivity (Wildman–Crippen MR) is 176 cm³/mol. The van der Waals surface area contributed by atoms with Gasteiger partial charge in [-0.15, -0.1) is 0 Å². The van der Waals surface area contributed by atoms with Crippen molar-refractivity contribution in [1.29, 1.82) is 0 Å². The van der Waals surface area contributed by atoms with Gasteiger partial charge in [0.15, 0.2) is 4.32 Å². The molecule has 216 valence electrons. The van der Waals surface area contributed by atoms with Gasteiger partial charge in [-0.2, -0.15) is 5.10 Å². The molecule has 1 saturated heterocycles. The Hall–Kier alpha value is -4.67. The van der Waals surface area contributed by atoms with E-state index in [9.17, 15) is 9.59 Å². The number of ether oxygens (including phenoxy) is 1. The molecule has 0 saturated carbocycles. The number of carbonyl (C=O) groups excluding carboxylic acids is 1. The maximum atomic E-state index is 13.9. The van der Waals surface area contributed by atoms with Gasteiger partial charge in [-0.05, 0) is 55.8 Å². The largest absolute Gasteiger partial charge is 0.494 e. The molecular weight excluding hydrogens is 579 g/mol. The number of para-hydroxylation sites is 2. The Balaban J connectivity index is 1.42. The summed E-state index contributed by atoms with van der Waals surface area (Å²) in [6.45, 7) is 4.49. The van der Waals surface area contributed by atoms with Gasteiger partial charge in [-0.25, -0.2) is 9.36 Å². The summed E-state index contributed by atoms with van der Waals surface area (Å²) in [5.41, 5.74) is 4.44. The van der Waals surface area contributed by atoms with E-state index in [0.717, 1.165) is 29.0 Å². The number of carbonyl (C=O) groups is 1. The summed E-state index contributed by atoms with van der Waals surface area (Å²) in [6.07, 6.45) is 4.60. The number of nitrogens with zero attached hydrogens (tertiary/aromatic N) is 5. The van der Waals surface area contributed by atoms with E-state index in [-0.39, 0.29) is 17.2 Å². The zero-order valence-corrected chi connectivity index (χ0v) is 25.6. The van der Waals surface area contributed by atoms with Crippen LogP contribution in [0.15, 0.2) is 101 Å². The van der Waals surface area contributed by atoms with E-state index >= 15 is 0 Å². The summed E-state index contributed by atoms with van der Waals surface area (Å²) in [5.74, 6) is 0.402. The Morgan fingerprint density at radius 2 is 1.65 bits per heavy atom. The molecule has 0 spiro atoms. The second kappa shape index (κ2) is 11.9. The van der Waals surface area contributed by atoms with Gasteiger partial charge in [-0.3, -0.25) is 19.2 Å². The molecule has 43 heavy (non-hydrogen) atoms. The fourth-order valence-corrected chi connectivity index (χ4v) is 6.26. The highest BCUT2D eigenvalue weighted by Crippen LogP contribution is 2.38. The monoisotopic (exact) mass is 607 g/mol. The predicted octanol–water partition coefficient (Wildman–Crippen LogP) is 6.53. The van der Waals surface area contributed by atoms with Gasteiger partial charge < -0.3 is 4.74 Å². The van der Waals surface area contributed by atoms with Gasteiger partial charge in [0, 0.05) is 24.4 Å². The molecule has 2 aromatic heterocycles. The van der Waals surface area contributed by atoms with Crippen molar-refractivity contribution in [3.05, 3.63) is 118 Å². The minimum absolute atomic E-state index is 0.248. The standard InChI is InChI=1S/C33H29N5O3S2/c1-4-18-41-27-17-11-12-23(19-27)29-24(21-36(34-29)25-13-7-5-8-14-25)20-28-31(39)37(33(42)43-28)30-22(2)35(3)38(32(30)40)26-15-9-6-10-16-26/h5-17,19-21H,4,18H2,1-3H3/b28-20-. The molecule has 1 aliphatic heterocycles. The van der Waals surface area contributed by atoms with Crippen LogP contribution in [0, 0.1) is 6.92 Å². The van der Waals surface area contributed by atoms with Gasteiger partial charge in [0.1, 0.15) is 17.1 Å². The van der Waals surface area contributed by atoms with Crippen LogP contribution in [-0.2, 0) is 11.8 Å². The van der Waals surface area contributed by atoms with Crippen LogP contribution >= 0.6 is 24.0 Å². The van der Waals surface area contributed by atoms with E-state index in [2.05, 4.69) is 6.92 Å². The maximum Gasteiger partial charge on any atom is 0.296 e. The first-order valence-corrected chi connectivity index (χ1v) is 15.1. The van der Waals surface area contributed by atoms with Gasteiger partial charge in [-0.1, -0.05) is 79.4 Å². The number of thiocarbonyl (C=S) groups is 1. The lowest BCUT2D eigenvalue weighted by Crippen LogP contribution is -2.33. The van der Waals surface area contributed by atoms with Crippen molar-refractivity contribution in [3.8, 4) is 28.4 Å². The number of benzene rings is 3. The topological polar surface area (TPSA) is 74.3 Å². The van der Waals surface area contributed by atoms with Crippen LogP contribution in [0.3, 0.4) is 0 Å². The number of thioether (sulfide) groups is 1. The fraction of sp³-hybridized carbons (Fsp3) is 0.152. The molecule has 0 N–H and O–H groups in total. The van der Waals surface area contributed by atoms with Gasteiger partial charge in [0.2, 0.25) is 0 Å². The molecule has 1 aliphatic rings. The van der Waals surface area contributed by atoms with Crippen LogP contribution in [0.2, 0.25) is 0 Å². The average molecular weight is 608 g/mol. The van der Waals surface area contributed by atoms with Crippen molar-refractivity contribution < 1.29 is 9.53 Å². The SMILES string of the molecule is CCCOc1cccc(-c2nn(-c3ccccc3)cc2/C=C2\SC(=S)N(c3c(C)n(C)n(-c4ccccc4)c3=O)C2=O)c1. The average Bonchev–Trinajstić information content (AvgIpc) is 3.64. The van der Waals surface area contributed by atoms with E-state index in [1.165, 1.54) is 16.7 Å². The van der Waals surface area contributed by atoms with E-state index in [1.54, 1.807) is 27.2 Å². The highest BCUT2D eigenvalue weighted by atomic mass is 32.2. The zero-order valence-electron chi connectivity index (χ0n) is 23.9. The number of anilines is 1. The molecular formula is C33H29N5O3S2. The summed E-state index contributed by atoms with van der Waals surface area (Å²) in [4.78, 5) is 29.4. The number of hydrogen-bond donors (Lipinski definition) is 0. The molecule has 0 atom stereocenters. The van der Waals surface area contributed by atoms with Crippen molar-refractivity contribution in [2.75, 3.05) is 11.5 Å². The van der Waals surface area contributed by atoms with Gasteiger partial charge in [0.05, 0.1) is 28.6 Å². The molecule has 0 bridgehead atoms. The minimum Gasteiger partial charge on any atom is -0.494 e. The number of hydrogen-bond acceptors (Lipinski definition) is 6. The van der Waals surface area contributed by atoms with E-state index in [4.69, 9.17) is 22.1 Å². The van der Waals surface area contributed by atoms with Crippen LogP contribution < -0.4 is 15.2 Å². The lowest BCUT2D eigenvalue weighted by Gasteiger charge is -2.12. The zero-order chi connectivity index (χ0) is 30.1. The maximum absolute atomic E-state index is 13.9. The summed E-state index contributed by atoms with van der Waals surface area (Å²) < 4.78 is 11.3. The fourth-order valence-electron chi connectivity index (χ4n) is 5.00. The summed E-state index contributed by atoms with van der Waals surface area (Å²) in [6, 6.07) is 26.9. The van der Waals surface area contributed by atoms with Crippen LogP contribution in [0.1, 0.15) is 24.6 Å². The Morgan fingerprint density at radius 3 is 2.35 bits per heavy atom. The summed E-state index contributed by atoms with van der Waals surface area (Å²) >= 11 is 6.85. The molecule has 0 aliphatic carbocycles. The first-order chi connectivity index (χ1) is 20.9. The van der Waals surface area contributed by atoms with Crippen molar-refractivity contribution in [3.63, 3.8) is 0 Å². The van der Waals surface area contributed by atoms with Crippen molar-refractivity contribution in [2.24, 2.45) is 7.05 Å². The molecule has 1 amide bonds. The van der Waals surface area contributed by atoms with Crippen molar-refractivity contribution >= 4 is 46.0 Å². The molecule has 1 fully saturated rings. The lowest BCUT2D eigenvalue weighted by molar-refractivity contribution is -0.113. The highest BCUT2D eigenvalue weighted by molar-refractivity contribution is 8.27. The number of rotatable bonds is 8. The normalized spacial score (nSPS) is 14.2. The Bertz CT molecular complexity index is 1920. The first kappa shape index (κ1) is 28.4. The molecule has 6 rings (SSSR count). The first-order valence-electron chi connectivity index (χ1n) is 13.9. The quantitative estimate of drug-likeness (QED) is 0.148. The third-order valence-corrected chi connectivity index (χ3v) is 8.47. The highest BCUT2D eigenvalue weighted by Gasteiger charge is 2.38. The molecule has 10 heteroatoms. The Morgan fingerprint density at radius 1 is 0.953 bits per heavy atom. The Kier molecular flexibility index (Phi) is 7.88. The number of amides is 1. The number of aromatic nitrogens is 4. The van der Waals surface area contributed by atoms with Crippen LogP contribution in [0.4, 0.5) is 5.69 Å². The van der Waals surface area contributed by atoms with Crippen LogP contribution in [-0.4, -0.2) is 36.0 Å². The lowest BCUT2D eigenvalue weighted by atomic mass is 10.1. The van der Waals surface area contributed by atoms with E-state index in [1.807, 2.05) is 98.0 Å². The van der Waals surface area contributed by atoms with Crippen molar-refractivity contribution in [1.82, 2.24) is 19.1 Å². The van der Waals surface area contributed by atoms with Gasteiger partial charge >= 0.3 is 0 Å². The molecule has 0 unspecified atom stereocenters. The van der Waals surface area contributed by atoms with Gasteiger partial charge in [0.25, 0.3) is 11.5 Å². The second-order valence-electron chi connectivity index (χ2n) is 10.0. The molecule has 5 aromatic rings. The summed E-state index contributed by atoms with van der Waals surface area (Å²) in [7, 11) is 1.79. The molecule has 3 aromatic carbocycles. The van der Waals surface area contributed by atoms with E-state index < -0.39 is 0 Å². The minimum atomic E-state index is -0.348. The molecule has 3 heterocycles. The third kappa shape index (κ3) is 5.35. The van der Waals surface area contributed by atoms with Crippen LogP contribution in [0.5, 0.6) is 5.75 Å². The van der Waals surface area contributed by atoms with E-state index in [0.29, 0.717) is 32.9 Å². The van der Waals surface area contributed by atoms with Crippen molar-refractivity contribution in [2.45, 2.75) is 20.3 Å². The molecule has 8 nitrogen and oxygen atoms in total.